The van der Waals surface area contributed by atoms with Gasteiger partial charge in [-0.1, -0.05) is 0 Å². The van der Waals surface area contributed by atoms with Gasteiger partial charge in [-0.2, -0.15) is 0 Å². The maximum Gasteiger partial charge on any atom is 0.254 e. The van der Waals surface area contributed by atoms with Crippen LogP contribution in [0.3, 0.4) is 0 Å². The van der Waals surface area contributed by atoms with E-state index in [-0.39, 0.29) is 11.5 Å². The average molecular weight is 353 g/mol. The number of hydrogen-bond acceptors (Lipinski definition) is 5. The minimum atomic E-state index is -0.263. The van der Waals surface area contributed by atoms with Crippen molar-refractivity contribution in [2.75, 3.05) is 19.7 Å². The Morgan fingerprint density at radius 2 is 2.12 bits per heavy atom. The van der Waals surface area contributed by atoms with E-state index in [4.69, 9.17) is 4.74 Å². The Balaban J connectivity index is 1.30. The van der Waals surface area contributed by atoms with Gasteiger partial charge in [0.15, 0.2) is 5.65 Å². The fourth-order valence-corrected chi connectivity index (χ4v) is 3.14. The highest BCUT2D eigenvalue weighted by molar-refractivity contribution is 5.94. The van der Waals surface area contributed by atoms with Crippen molar-refractivity contribution < 1.29 is 9.53 Å². The molecule has 1 saturated heterocycles. The highest BCUT2D eigenvalue weighted by atomic mass is 16.5. The van der Waals surface area contributed by atoms with Crippen LogP contribution in [0.1, 0.15) is 23.2 Å². The summed E-state index contributed by atoms with van der Waals surface area (Å²) in [5, 5.41) is 4.35. The summed E-state index contributed by atoms with van der Waals surface area (Å²) in [6.45, 7) is 1.89. The van der Waals surface area contributed by atoms with Crippen molar-refractivity contribution in [1.82, 2.24) is 24.5 Å². The van der Waals surface area contributed by atoms with Crippen LogP contribution in [0.15, 0.2) is 47.7 Å². The topological polar surface area (TPSA) is 92.6 Å². The van der Waals surface area contributed by atoms with Crippen LogP contribution >= 0.6 is 0 Å². The molecule has 1 fully saturated rings. The van der Waals surface area contributed by atoms with Crippen molar-refractivity contribution in [3.05, 3.63) is 58.8 Å². The standard InChI is InChI=1S/C18H19N5O3/c24-16-11-14(3-6-20-16)18(25)22-8-4-13(5-9-22)12-26-17-2-1-15-19-7-10-23(15)21-17/h1-3,6-7,10-11,13H,4-5,8-9,12H2,(H,20,24). The molecule has 0 bridgehead atoms. The summed E-state index contributed by atoms with van der Waals surface area (Å²) in [5.74, 6) is 0.846. The van der Waals surface area contributed by atoms with Gasteiger partial charge in [0, 0.05) is 49.4 Å². The molecule has 26 heavy (non-hydrogen) atoms. The second-order valence-electron chi connectivity index (χ2n) is 6.39. The number of pyridine rings is 1. The first-order valence-corrected chi connectivity index (χ1v) is 8.60. The van der Waals surface area contributed by atoms with Crippen molar-refractivity contribution >= 4 is 11.6 Å². The maximum absolute atomic E-state index is 12.5. The number of aromatic amines is 1. The third-order valence-corrected chi connectivity index (χ3v) is 4.62. The number of amides is 1. The zero-order chi connectivity index (χ0) is 17.9. The molecule has 0 spiro atoms. The predicted octanol–water partition coefficient (Wildman–Crippen LogP) is 1.35. The van der Waals surface area contributed by atoms with Crippen LogP contribution in [0.4, 0.5) is 0 Å². The highest BCUT2D eigenvalue weighted by Crippen LogP contribution is 2.20. The van der Waals surface area contributed by atoms with Gasteiger partial charge in [0.1, 0.15) is 0 Å². The molecule has 1 N–H and O–H groups in total. The van der Waals surface area contributed by atoms with Crippen molar-refractivity contribution in [1.29, 1.82) is 0 Å². The quantitative estimate of drug-likeness (QED) is 0.764. The number of piperidine rings is 1. The molecule has 0 saturated carbocycles. The van der Waals surface area contributed by atoms with Gasteiger partial charge in [-0.15, -0.1) is 5.10 Å². The number of hydrogen-bond donors (Lipinski definition) is 1. The number of fused-ring (bicyclic) bond motifs is 1. The molecule has 0 aliphatic carbocycles. The number of H-pyrrole nitrogens is 1. The van der Waals surface area contributed by atoms with Gasteiger partial charge in [-0.05, 0) is 30.9 Å². The number of nitrogens with zero attached hydrogens (tertiary/aromatic N) is 4. The van der Waals surface area contributed by atoms with Crippen LogP contribution < -0.4 is 10.3 Å². The molecule has 134 valence electrons. The van der Waals surface area contributed by atoms with Crippen LogP contribution in [-0.4, -0.2) is 50.1 Å². The molecule has 4 rings (SSSR count). The van der Waals surface area contributed by atoms with Crippen molar-refractivity contribution in [2.45, 2.75) is 12.8 Å². The lowest BCUT2D eigenvalue weighted by atomic mass is 9.97. The summed E-state index contributed by atoms with van der Waals surface area (Å²) in [6, 6.07) is 6.66. The number of imidazole rings is 1. The molecule has 8 heteroatoms. The van der Waals surface area contributed by atoms with Crippen LogP contribution in [0.25, 0.3) is 5.65 Å². The Hall–Kier alpha value is -3.16. The van der Waals surface area contributed by atoms with E-state index in [1.807, 2.05) is 12.1 Å². The summed E-state index contributed by atoms with van der Waals surface area (Å²) in [7, 11) is 0. The van der Waals surface area contributed by atoms with Gasteiger partial charge < -0.3 is 14.6 Å². The first kappa shape index (κ1) is 16.3. The monoisotopic (exact) mass is 353 g/mol. The zero-order valence-electron chi connectivity index (χ0n) is 14.2. The van der Waals surface area contributed by atoms with Crippen molar-refractivity contribution in [3.8, 4) is 5.88 Å². The molecule has 8 nitrogen and oxygen atoms in total. The molecule has 0 aromatic carbocycles. The smallest absolute Gasteiger partial charge is 0.254 e. The normalized spacial score (nSPS) is 15.3. The van der Waals surface area contributed by atoms with E-state index in [2.05, 4.69) is 15.1 Å². The lowest BCUT2D eigenvalue weighted by Gasteiger charge is -2.31. The van der Waals surface area contributed by atoms with E-state index in [9.17, 15) is 9.59 Å². The average Bonchev–Trinajstić information content (AvgIpc) is 3.14. The fraction of sp³-hybridized carbons (Fsp3) is 0.333. The predicted molar refractivity (Wildman–Crippen MR) is 94.2 cm³/mol. The Labute approximate surface area is 149 Å². The van der Waals surface area contributed by atoms with Crippen molar-refractivity contribution in [2.24, 2.45) is 5.92 Å². The number of rotatable bonds is 4. The van der Waals surface area contributed by atoms with E-state index < -0.39 is 0 Å². The Morgan fingerprint density at radius 3 is 2.92 bits per heavy atom. The summed E-state index contributed by atoms with van der Waals surface area (Å²) < 4.78 is 7.49. The lowest BCUT2D eigenvalue weighted by molar-refractivity contribution is 0.0658. The SMILES string of the molecule is O=C(c1cc[nH]c(=O)c1)N1CCC(COc2ccc3nccn3n2)CC1. The summed E-state index contributed by atoms with van der Waals surface area (Å²) in [5.41, 5.74) is 0.951. The van der Waals surface area contributed by atoms with E-state index in [1.165, 1.54) is 12.3 Å². The number of carbonyl (C=O) groups excluding carboxylic acids is 1. The molecule has 3 aromatic heterocycles. The summed E-state index contributed by atoms with van der Waals surface area (Å²) in [6.07, 6.45) is 6.70. The molecule has 0 atom stereocenters. The second kappa shape index (κ2) is 6.99. The Kier molecular flexibility index (Phi) is 4.39. The number of likely N-dealkylation sites (tertiary alicyclic amines) is 1. The molecule has 1 amide bonds. The van der Waals surface area contributed by atoms with Crippen LogP contribution in [-0.2, 0) is 0 Å². The van der Waals surface area contributed by atoms with Gasteiger partial charge in [0.25, 0.3) is 5.91 Å². The molecule has 1 aliphatic heterocycles. The van der Waals surface area contributed by atoms with Gasteiger partial charge in [-0.25, -0.2) is 9.50 Å². The lowest BCUT2D eigenvalue weighted by Crippen LogP contribution is -2.40. The zero-order valence-corrected chi connectivity index (χ0v) is 14.2. The number of carbonyl (C=O) groups is 1. The van der Waals surface area contributed by atoms with Crippen LogP contribution in [0.5, 0.6) is 5.88 Å². The van der Waals surface area contributed by atoms with E-state index >= 15 is 0 Å². The Morgan fingerprint density at radius 1 is 1.27 bits per heavy atom. The third kappa shape index (κ3) is 3.44. The molecule has 3 aromatic rings. The molecule has 1 aliphatic rings. The number of nitrogens with one attached hydrogen (secondary N) is 1. The van der Waals surface area contributed by atoms with Crippen molar-refractivity contribution in [3.63, 3.8) is 0 Å². The Bertz CT molecular complexity index is 972. The molecule has 4 heterocycles. The maximum atomic E-state index is 12.5. The van der Waals surface area contributed by atoms with E-state index in [0.717, 1.165) is 18.5 Å². The first-order valence-electron chi connectivity index (χ1n) is 8.60. The first-order chi connectivity index (χ1) is 12.7. The van der Waals surface area contributed by atoms with Gasteiger partial charge >= 0.3 is 0 Å². The van der Waals surface area contributed by atoms with Crippen LogP contribution in [0.2, 0.25) is 0 Å². The minimum absolute atomic E-state index is 0.0947. The largest absolute Gasteiger partial charge is 0.476 e. The third-order valence-electron chi connectivity index (χ3n) is 4.62. The van der Waals surface area contributed by atoms with E-state index in [1.54, 1.807) is 27.9 Å². The number of aromatic nitrogens is 4. The molecular weight excluding hydrogens is 334 g/mol. The van der Waals surface area contributed by atoms with Gasteiger partial charge in [-0.3, -0.25) is 9.59 Å². The van der Waals surface area contributed by atoms with Gasteiger partial charge in [0.2, 0.25) is 11.4 Å². The molecular formula is C18H19N5O3. The highest BCUT2D eigenvalue weighted by Gasteiger charge is 2.24. The summed E-state index contributed by atoms with van der Waals surface area (Å²) >= 11 is 0. The summed E-state index contributed by atoms with van der Waals surface area (Å²) in [4.78, 5) is 32.3. The molecule has 0 unspecified atom stereocenters. The van der Waals surface area contributed by atoms with Gasteiger partial charge in [0.05, 0.1) is 6.61 Å². The fourth-order valence-electron chi connectivity index (χ4n) is 3.14. The van der Waals surface area contributed by atoms with Crippen LogP contribution in [0, 0.1) is 5.92 Å². The molecule has 0 radical (unpaired) electrons. The van der Waals surface area contributed by atoms with E-state index in [0.29, 0.717) is 37.1 Å². The second-order valence-corrected chi connectivity index (χ2v) is 6.39. The minimum Gasteiger partial charge on any atom is -0.476 e. The number of ether oxygens (including phenoxy) is 1.